The second-order valence-corrected chi connectivity index (χ2v) is 6.18. The fourth-order valence-corrected chi connectivity index (χ4v) is 2.85. The van der Waals surface area contributed by atoms with E-state index >= 15 is 0 Å². The molecule has 0 aliphatic carbocycles. The van der Waals surface area contributed by atoms with Crippen LogP contribution < -0.4 is 10.5 Å². The SMILES string of the molecule is CC(=O)OC(C(=O)O)[C@H]1OCCN(c2ccn(-c3ccc(=O)n(C(F)F)c3)n2)C1=O. The van der Waals surface area contributed by atoms with E-state index in [9.17, 15) is 33.1 Å². The monoisotopic (exact) mass is 426 g/mol. The van der Waals surface area contributed by atoms with E-state index in [1.54, 1.807) is 0 Å². The summed E-state index contributed by atoms with van der Waals surface area (Å²) in [5.74, 6) is -3.15. The number of esters is 1. The molecule has 1 aliphatic rings. The summed E-state index contributed by atoms with van der Waals surface area (Å²) < 4.78 is 37.1. The molecule has 1 fully saturated rings. The number of carboxylic acid groups (broad SMARTS) is 1. The molecule has 30 heavy (non-hydrogen) atoms. The Balaban J connectivity index is 1.87. The smallest absolute Gasteiger partial charge is 0.348 e. The zero-order chi connectivity index (χ0) is 22.0. The lowest BCUT2D eigenvalue weighted by atomic mass is 10.1. The van der Waals surface area contributed by atoms with Crippen molar-refractivity contribution >= 4 is 23.7 Å². The molecule has 2 aromatic heterocycles. The number of nitrogens with zero attached hydrogens (tertiary/aromatic N) is 4. The number of alkyl halides is 2. The summed E-state index contributed by atoms with van der Waals surface area (Å²) in [4.78, 5) is 47.9. The van der Waals surface area contributed by atoms with Crippen molar-refractivity contribution in [1.82, 2.24) is 14.3 Å². The third-order valence-corrected chi connectivity index (χ3v) is 4.18. The highest BCUT2D eigenvalue weighted by Gasteiger charge is 2.43. The third kappa shape index (κ3) is 4.20. The number of rotatable bonds is 6. The van der Waals surface area contributed by atoms with Crippen molar-refractivity contribution in [3.63, 3.8) is 0 Å². The van der Waals surface area contributed by atoms with Gasteiger partial charge < -0.3 is 14.6 Å². The predicted octanol–water partition coefficient (Wildman–Crippen LogP) is 0.177. The lowest BCUT2D eigenvalue weighted by Gasteiger charge is -2.33. The summed E-state index contributed by atoms with van der Waals surface area (Å²) in [5.41, 5.74) is -0.751. The number of aliphatic carboxylic acids is 1. The molecule has 0 aromatic carbocycles. The average molecular weight is 426 g/mol. The van der Waals surface area contributed by atoms with Crippen LogP contribution in [0.5, 0.6) is 0 Å². The number of hydrogen-bond acceptors (Lipinski definition) is 7. The van der Waals surface area contributed by atoms with Gasteiger partial charge in [-0.1, -0.05) is 0 Å². The highest BCUT2D eigenvalue weighted by atomic mass is 19.3. The van der Waals surface area contributed by atoms with Crippen LogP contribution in [0.15, 0.2) is 35.4 Å². The molecular formula is C17H16F2N4O7. The number of ether oxygens (including phenoxy) is 2. The number of halogens is 2. The van der Waals surface area contributed by atoms with Crippen LogP contribution in [-0.4, -0.2) is 62.7 Å². The summed E-state index contributed by atoms with van der Waals surface area (Å²) in [6.07, 6.45) is -1.13. The first-order chi connectivity index (χ1) is 14.2. The van der Waals surface area contributed by atoms with Crippen LogP contribution in [0.1, 0.15) is 13.5 Å². The van der Waals surface area contributed by atoms with Crippen LogP contribution in [0, 0.1) is 0 Å². The Hall–Kier alpha value is -3.61. The number of carbonyl (C=O) groups is 3. The van der Waals surface area contributed by atoms with Crippen molar-refractivity contribution in [1.29, 1.82) is 0 Å². The van der Waals surface area contributed by atoms with E-state index in [0.717, 1.165) is 24.1 Å². The minimum Gasteiger partial charge on any atom is -0.478 e. The van der Waals surface area contributed by atoms with Crippen molar-refractivity contribution in [3.8, 4) is 5.69 Å². The van der Waals surface area contributed by atoms with Crippen LogP contribution in [0.2, 0.25) is 0 Å². The van der Waals surface area contributed by atoms with Gasteiger partial charge in [-0.25, -0.2) is 9.48 Å². The lowest BCUT2D eigenvalue weighted by molar-refractivity contribution is -0.177. The number of morpholine rings is 1. The van der Waals surface area contributed by atoms with Gasteiger partial charge >= 0.3 is 18.5 Å². The summed E-state index contributed by atoms with van der Waals surface area (Å²) in [7, 11) is 0. The molecule has 1 amide bonds. The maximum absolute atomic E-state index is 12.9. The average Bonchev–Trinajstić information content (AvgIpc) is 3.16. The number of carboxylic acids is 1. The first-order valence-electron chi connectivity index (χ1n) is 8.58. The molecule has 1 saturated heterocycles. The number of anilines is 1. The normalized spacial score (nSPS) is 17.8. The van der Waals surface area contributed by atoms with Crippen LogP contribution in [0.4, 0.5) is 14.6 Å². The second kappa shape index (κ2) is 8.41. The van der Waals surface area contributed by atoms with E-state index in [2.05, 4.69) is 9.84 Å². The summed E-state index contributed by atoms with van der Waals surface area (Å²) in [6.45, 7) is -2.05. The summed E-state index contributed by atoms with van der Waals surface area (Å²) in [6, 6.07) is 3.64. The predicted molar refractivity (Wildman–Crippen MR) is 94.4 cm³/mol. The number of pyridine rings is 1. The van der Waals surface area contributed by atoms with Gasteiger partial charge in [-0.05, 0) is 6.07 Å². The molecule has 3 heterocycles. The van der Waals surface area contributed by atoms with Crippen molar-refractivity contribution < 1.29 is 37.7 Å². The van der Waals surface area contributed by atoms with Gasteiger partial charge in [0.25, 0.3) is 11.5 Å². The first-order valence-corrected chi connectivity index (χ1v) is 8.58. The standard InChI is InChI=1S/C17H16F2N4O7/c1-9(24)30-14(16(27)28)13-15(26)21(6-7-29-13)11-4-5-23(20-11)10-2-3-12(25)22(8-10)17(18)19/h2-5,8,13-14,17H,6-7H2,1H3,(H,27,28)/t13-,14?/m1/s1. The molecule has 3 rings (SSSR count). The van der Waals surface area contributed by atoms with Gasteiger partial charge in [0.1, 0.15) is 0 Å². The Kier molecular flexibility index (Phi) is 5.91. The third-order valence-electron chi connectivity index (χ3n) is 4.18. The summed E-state index contributed by atoms with van der Waals surface area (Å²) in [5, 5.41) is 13.4. The van der Waals surface area contributed by atoms with Crippen molar-refractivity contribution in [2.24, 2.45) is 0 Å². The fourth-order valence-electron chi connectivity index (χ4n) is 2.85. The number of aromatic nitrogens is 3. The molecule has 11 nitrogen and oxygen atoms in total. The Morgan fingerprint density at radius 1 is 1.30 bits per heavy atom. The molecule has 13 heteroatoms. The molecule has 1 aliphatic heterocycles. The molecule has 2 atom stereocenters. The molecule has 1 unspecified atom stereocenters. The quantitative estimate of drug-likeness (QED) is 0.647. The van der Waals surface area contributed by atoms with E-state index in [4.69, 9.17) is 4.74 Å². The second-order valence-electron chi connectivity index (χ2n) is 6.18. The minimum absolute atomic E-state index is 0.0370. The van der Waals surface area contributed by atoms with Gasteiger partial charge in [-0.3, -0.25) is 23.9 Å². The van der Waals surface area contributed by atoms with E-state index in [1.165, 1.54) is 23.0 Å². The highest BCUT2D eigenvalue weighted by Crippen LogP contribution is 2.21. The van der Waals surface area contributed by atoms with Crippen molar-refractivity contribution in [2.45, 2.75) is 25.7 Å². The molecule has 0 spiro atoms. The Morgan fingerprint density at radius 3 is 2.67 bits per heavy atom. The zero-order valence-electron chi connectivity index (χ0n) is 15.5. The first kappa shape index (κ1) is 21.1. The van der Waals surface area contributed by atoms with Crippen molar-refractivity contribution in [2.75, 3.05) is 18.1 Å². The Labute approximate surface area is 167 Å². The van der Waals surface area contributed by atoms with Gasteiger partial charge in [0.05, 0.1) is 18.8 Å². The number of carbonyl (C=O) groups excluding carboxylic acids is 2. The topological polar surface area (TPSA) is 133 Å². The van der Waals surface area contributed by atoms with Crippen LogP contribution in [-0.2, 0) is 23.9 Å². The minimum atomic E-state index is -3.04. The van der Waals surface area contributed by atoms with Gasteiger partial charge in [-0.15, -0.1) is 5.10 Å². The summed E-state index contributed by atoms with van der Waals surface area (Å²) >= 11 is 0. The van der Waals surface area contributed by atoms with E-state index < -0.39 is 42.2 Å². The lowest BCUT2D eigenvalue weighted by Crippen LogP contribution is -2.55. The van der Waals surface area contributed by atoms with Crippen molar-refractivity contribution in [3.05, 3.63) is 40.9 Å². The molecule has 0 bridgehead atoms. The van der Waals surface area contributed by atoms with Crippen LogP contribution in [0.3, 0.4) is 0 Å². The van der Waals surface area contributed by atoms with Crippen LogP contribution in [0.25, 0.3) is 5.69 Å². The van der Waals surface area contributed by atoms with E-state index in [0.29, 0.717) is 0 Å². The van der Waals surface area contributed by atoms with Gasteiger partial charge in [0, 0.05) is 31.5 Å². The van der Waals surface area contributed by atoms with Gasteiger partial charge in [0.2, 0.25) is 6.10 Å². The van der Waals surface area contributed by atoms with Gasteiger partial charge in [-0.2, -0.15) is 8.78 Å². The largest absolute Gasteiger partial charge is 0.478 e. The molecule has 0 saturated carbocycles. The molecular weight excluding hydrogens is 410 g/mol. The molecule has 0 radical (unpaired) electrons. The maximum atomic E-state index is 12.9. The zero-order valence-corrected chi connectivity index (χ0v) is 15.5. The molecule has 2 aromatic rings. The maximum Gasteiger partial charge on any atom is 0.348 e. The number of hydrogen-bond donors (Lipinski definition) is 1. The highest BCUT2D eigenvalue weighted by molar-refractivity contribution is 5.99. The van der Waals surface area contributed by atoms with E-state index in [1.807, 2.05) is 0 Å². The molecule has 1 N–H and O–H groups in total. The Morgan fingerprint density at radius 2 is 2.03 bits per heavy atom. The molecule has 160 valence electrons. The van der Waals surface area contributed by atoms with E-state index in [-0.39, 0.29) is 29.2 Å². The fraction of sp³-hybridized carbons (Fsp3) is 0.353. The Bertz CT molecular complexity index is 1040. The number of amides is 1. The van der Waals surface area contributed by atoms with Gasteiger partial charge in [0.15, 0.2) is 11.9 Å². The van der Waals surface area contributed by atoms with Crippen LogP contribution >= 0.6 is 0 Å².